The van der Waals surface area contributed by atoms with Gasteiger partial charge in [0.15, 0.2) is 12.2 Å². The maximum Gasteiger partial charge on any atom is 0.181 e. The first kappa shape index (κ1) is 13.4. The zero-order chi connectivity index (χ0) is 13.0. The largest absolute Gasteiger partial charge is 0.443 e. The monoisotopic (exact) mass is 284 g/mol. The van der Waals surface area contributed by atoms with Gasteiger partial charge < -0.3 is 9.73 Å². The SMILES string of the molecule is CCCNCc1ncoc1-c1cc(Cl)cc(Cl)c1. The third-order valence-corrected chi connectivity index (χ3v) is 2.92. The molecule has 1 N–H and O–H groups in total. The number of oxazole rings is 1. The quantitative estimate of drug-likeness (QED) is 0.839. The fourth-order valence-electron chi connectivity index (χ4n) is 1.70. The van der Waals surface area contributed by atoms with E-state index >= 15 is 0 Å². The van der Waals surface area contributed by atoms with Crippen LogP contribution in [0.2, 0.25) is 10.0 Å². The third-order valence-electron chi connectivity index (χ3n) is 2.49. The summed E-state index contributed by atoms with van der Waals surface area (Å²) in [6, 6.07) is 5.33. The van der Waals surface area contributed by atoms with Crippen LogP contribution < -0.4 is 5.32 Å². The predicted molar refractivity (Wildman–Crippen MR) is 74.0 cm³/mol. The van der Waals surface area contributed by atoms with Crippen LogP contribution in [-0.2, 0) is 6.54 Å². The van der Waals surface area contributed by atoms with Crippen LogP contribution in [0.5, 0.6) is 0 Å². The molecule has 0 spiro atoms. The van der Waals surface area contributed by atoms with E-state index in [1.165, 1.54) is 6.39 Å². The van der Waals surface area contributed by atoms with Crippen molar-refractivity contribution < 1.29 is 4.42 Å². The zero-order valence-electron chi connectivity index (χ0n) is 10.0. The van der Waals surface area contributed by atoms with Gasteiger partial charge in [-0.1, -0.05) is 30.1 Å². The van der Waals surface area contributed by atoms with E-state index in [-0.39, 0.29) is 0 Å². The Bertz CT molecular complexity index is 505. The molecule has 0 radical (unpaired) electrons. The Labute approximate surface area is 116 Å². The zero-order valence-corrected chi connectivity index (χ0v) is 11.6. The van der Waals surface area contributed by atoms with Crippen molar-refractivity contribution in [2.45, 2.75) is 19.9 Å². The number of aromatic nitrogens is 1. The Balaban J connectivity index is 2.24. The van der Waals surface area contributed by atoms with E-state index in [0.29, 0.717) is 22.4 Å². The van der Waals surface area contributed by atoms with Crippen LogP contribution in [0.3, 0.4) is 0 Å². The summed E-state index contributed by atoms with van der Waals surface area (Å²) < 4.78 is 5.42. The highest BCUT2D eigenvalue weighted by Crippen LogP contribution is 2.29. The van der Waals surface area contributed by atoms with Crippen LogP contribution in [0, 0.1) is 0 Å². The highest BCUT2D eigenvalue weighted by Gasteiger charge is 2.11. The molecule has 1 aromatic heterocycles. The van der Waals surface area contributed by atoms with Crippen molar-refractivity contribution in [3.05, 3.63) is 40.3 Å². The van der Waals surface area contributed by atoms with E-state index in [1.54, 1.807) is 6.07 Å². The summed E-state index contributed by atoms with van der Waals surface area (Å²) in [5.41, 5.74) is 1.71. The van der Waals surface area contributed by atoms with Crippen LogP contribution >= 0.6 is 23.2 Å². The Morgan fingerprint density at radius 2 is 1.94 bits per heavy atom. The molecule has 0 aliphatic rings. The van der Waals surface area contributed by atoms with Crippen molar-refractivity contribution in [2.24, 2.45) is 0 Å². The van der Waals surface area contributed by atoms with E-state index in [0.717, 1.165) is 24.2 Å². The van der Waals surface area contributed by atoms with Gasteiger partial charge >= 0.3 is 0 Å². The smallest absolute Gasteiger partial charge is 0.181 e. The molecule has 2 rings (SSSR count). The van der Waals surface area contributed by atoms with E-state index in [4.69, 9.17) is 27.6 Å². The molecule has 1 aromatic carbocycles. The normalized spacial score (nSPS) is 10.8. The third kappa shape index (κ3) is 3.25. The second-order valence-corrected chi connectivity index (χ2v) is 4.84. The highest BCUT2D eigenvalue weighted by atomic mass is 35.5. The van der Waals surface area contributed by atoms with Crippen molar-refractivity contribution in [2.75, 3.05) is 6.54 Å². The summed E-state index contributed by atoms with van der Waals surface area (Å²) >= 11 is 12.0. The first-order chi connectivity index (χ1) is 8.70. The summed E-state index contributed by atoms with van der Waals surface area (Å²) in [4.78, 5) is 4.21. The van der Waals surface area contributed by atoms with E-state index < -0.39 is 0 Å². The number of nitrogens with one attached hydrogen (secondary N) is 1. The Hall–Kier alpha value is -1.03. The number of hydrogen-bond acceptors (Lipinski definition) is 3. The van der Waals surface area contributed by atoms with Crippen molar-refractivity contribution >= 4 is 23.2 Å². The first-order valence-corrected chi connectivity index (χ1v) is 6.56. The molecule has 0 saturated carbocycles. The molecule has 0 fully saturated rings. The molecule has 1 heterocycles. The lowest BCUT2D eigenvalue weighted by molar-refractivity contribution is 0.569. The minimum atomic E-state index is 0.585. The Kier molecular flexibility index (Phi) is 4.64. The van der Waals surface area contributed by atoms with E-state index in [9.17, 15) is 0 Å². The number of benzene rings is 1. The standard InChI is InChI=1S/C13H14Cl2N2O/c1-2-3-16-7-12-13(18-8-17-12)9-4-10(14)6-11(15)5-9/h4-6,8,16H,2-3,7H2,1H3. The molecule has 18 heavy (non-hydrogen) atoms. The summed E-state index contributed by atoms with van der Waals surface area (Å²) in [6.07, 6.45) is 2.52. The van der Waals surface area contributed by atoms with Gasteiger partial charge in [0.1, 0.15) is 5.69 Å². The molecular formula is C13H14Cl2N2O. The predicted octanol–water partition coefficient (Wildman–Crippen LogP) is 4.15. The van der Waals surface area contributed by atoms with Crippen molar-refractivity contribution in [3.8, 4) is 11.3 Å². The topological polar surface area (TPSA) is 38.1 Å². The number of halogens is 2. The average Bonchev–Trinajstić information content (AvgIpc) is 2.76. The Morgan fingerprint density at radius 1 is 1.22 bits per heavy atom. The van der Waals surface area contributed by atoms with Gasteiger partial charge in [-0.15, -0.1) is 0 Å². The molecule has 0 aliphatic heterocycles. The highest BCUT2D eigenvalue weighted by molar-refractivity contribution is 6.35. The summed E-state index contributed by atoms with van der Waals surface area (Å²) in [6.45, 7) is 3.74. The number of nitrogens with zero attached hydrogens (tertiary/aromatic N) is 1. The second-order valence-electron chi connectivity index (χ2n) is 3.96. The lowest BCUT2D eigenvalue weighted by Gasteiger charge is -2.04. The molecule has 96 valence electrons. The second kappa shape index (κ2) is 6.23. The van der Waals surface area contributed by atoms with Gasteiger partial charge in [-0.3, -0.25) is 0 Å². The molecular weight excluding hydrogens is 271 g/mol. The van der Waals surface area contributed by atoms with E-state index in [1.807, 2.05) is 12.1 Å². The van der Waals surface area contributed by atoms with Crippen LogP contribution in [0.4, 0.5) is 0 Å². The van der Waals surface area contributed by atoms with Gasteiger partial charge in [-0.05, 0) is 31.2 Å². The Morgan fingerprint density at radius 3 is 2.61 bits per heavy atom. The lowest BCUT2D eigenvalue weighted by Crippen LogP contribution is -2.14. The molecule has 0 aliphatic carbocycles. The molecule has 2 aromatic rings. The van der Waals surface area contributed by atoms with Gasteiger partial charge in [-0.25, -0.2) is 4.98 Å². The molecule has 0 unspecified atom stereocenters. The number of hydrogen-bond donors (Lipinski definition) is 1. The van der Waals surface area contributed by atoms with Gasteiger partial charge in [0, 0.05) is 22.2 Å². The number of rotatable bonds is 5. The van der Waals surface area contributed by atoms with Gasteiger partial charge in [0.25, 0.3) is 0 Å². The minimum absolute atomic E-state index is 0.585. The average molecular weight is 285 g/mol. The summed E-state index contributed by atoms with van der Waals surface area (Å²) in [5, 5.41) is 4.46. The molecule has 0 bridgehead atoms. The van der Waals surface area contributed by atoms with Crippen LogP contribution in [0.15, 0.2) is 29.0 Å². The molecule has 5 heteroatoms. The maximum absolute atomic E-state index is 5.98. The summed E-state index contributed by atoms with van der Waals surface area (Å²) in [5.74, 6) is 0.711. The van der Waals surface area contributed by atoms with Crippen molar-refractivity contribution in [3.63, 3.8) is 0 Å². The van der Waals surface area contributed by atoms with Crippen LogP contribution in [-0.4, -0.2) is 11.5 Å². The van der Waals surface area contributed by atoms with Gasteiger partial charge in [0.05, 0.1) is 0 Å². The fraction of sp³-hybridized carbons (Fsp3) is 0.308. The maximum atomic E-state index is 5.98. The van der Waals surface area contributed by atoms with Crippen molar-refractivity contribution in [1.82, 2.24) is 10.3 Å². The van der Waals surface area contributed by atoms with Crippen molar-refractivity contribution in [1.29, 1.82) is 0 Å². The molecule has 0 amide bonds. The minimum Gasteiger partial charge on any atom is -0.443 e. The van der Waals surface area contributed by atoms with Gasteiger partial charge in [0.2, 0.25) is 0 Å². The molecule has 0 saturated heterocycles. The summed E-state index contributed by atoms with van der Waals surface area (Å²) in [7, 11) is 0. The van der Waals surface area contributed by atoms with Crippen LogP contribution in [0.25, 0.3) is 11.3 Å². The molecule has 3 nitrogen and oxygen atoms in total. The van der Waals surface area contributed by atoms with Crippen LogP contribution in [0.1, 0.15) is 19.0 Å². The lowest BCUT2D eigenvalue weighted by atomic mass is 10.1. The van der Waals surface area contributed by atoms with Gasteiger partial charge in [-0.2, -0.15) is 0 Å². The molecule has 0 atom stereocenters. The fourth-order valence-corrected chi connectivity index (χ4v) is 2.22. The first-order valence-electron chi connectivity index (χ1n) is 5.80. The van der Waals surface area contributed by atoms with E-state index in [2.05, 4.69) is 17.2 Å².